The van der Waals surface area contributed by atoms with Crippen LogP contribution in [0, 0.1) is 6.92 Å². The monoisotopic (exact) mass is 197 g/mol. The number of fused-ring (bicyclic) bond motifs is 1. The predicted octanol–water partition coefficient (Wildman–Crippen LogP) is 1.60. The van der Waals surface area contributed by atoms with Crippen LogP contribution < -0.4 is 0 Å². The number of nitrogens with zero attached hydrogens (tertiary/aromatic N) is 1. The molecule has 1 heterocycles. The summed E-state index contributed by atoms with van der Waals surface area (Å²) in [4.78, 5) is 4.26. The quantitative estimate of drug-likeness (QED) is 0.583. The fourth-order valence-corrected chi connectivity index (χ4v) is 2.35. The average molecular weight is 196 g/mol. The number of hydrogen-bond acceptors (Lipinski definition) is 1. The first kappa shape index (κ1) is 6.14. The van der Waals surface area contributed by atoms with E-state index in [9.17, 15) is 0 Å². The Labute approximate surface area is 65.5 Å². The second kappa shape index (κ2) is 2.22. The van der Waals surface area contributed by atoms with Gasteiger partial charge in [-0.25, -0.2) is 0 Å². The van der Waals surface area contributed by atoms with Crippen LogP contribution in [-0.2, 0) is 0 Å². The van der Waals surface area contributed by atoms with Gasteiger partial charge in [-0.05, 0) is 0 Å². The fraction of sp³-hybridized carbons (Fsp3) is 0.125. The van der Waals surface area contributed by atoms with E-state index in [4.69, 9.17) is 0 Å². The van der Waals surface area contributed by atoms with Crippen molar-refractivity contribution in [2.24, 2.45) is 0 Å². The SMILES string of the molecule is Cc1ccc2[se]cnc2c1. The Morgan fingerprint density at radius 3 is 3.20 bits per heavy atom. The molecule has 1 nitrogen and oxygen atoms in total. The molecule has 0 aliphatic rings. The second-order valence-corrected chi connectivity index (χ2v) is 4.18. The molecule has 0 fully saturated rings. The van der Waals surface area contributed by atoms with Crippen LogP contribution in [0.2, 0.25) is 0 Å². The molecule has 0 N–H and O–H groups in total. The summed E-state index contributed by atoms with van der Waals surface area (Å²) in [5.74, 6) is 0. The normalized spacial score (nSPS) is 10.5. The average Bonchev–Trinajstić information content (AvgIpc) is 2.33. The topological polar surface area (TPSA) is 12.9 Å². The summed E-state index contributed by atoms with van der Waals surface area (Å²) < 4.78 is 1.41. The van der Waals surface area contributed by atoms with Crippen molar-refractivity contribution in [1.29, 1.82) is 0 Å². The number of aromatic nitrogens is 1. The van der Waals surface area contributed by atoms with Gasteiger partial charge in [0.05, 0.1) is 0 Å². The third-order valence-corrected chi connectivity index (χ3v) is 3.19. The molecule has 0 spiro atoms. The number of aryl methyl sites for hydroxylation is 1. The molecule has 0 amide bonds. The van der Waals surface area contributed by atoms with Crippen molar-refractivity contribution in [3.63, 3.8) is 0 Å². The van der Waals surface area contributed by atoms with Crippen LogP contribution in [0.1, 0.15) is 5.56 Å². The van der Waals surface area contributed by atoms with E-state index < -0.39 is 0 Å². The second-order valence-electron chi connectivity index (χ2n) is 2.32. The molecule has 2 aromatic rings. The minimum absolute atomic E-state index is 0.503. The third-order valence-electron chi connectivity index (χ3n) is 1.49. The van der Waals surface area contributed by atoms with Crippen molar-refractivity contribution < 1.29 is 0 Å². The standard InChI is InChI=1S/C8H7NSe/c1-6-2-3-8-7(4-6)9-5-10-8/h2-5H,1H3. The van der Waals surface area contributed by atoms with Gasteiger partial charge in [-0.15, -0.1) is 0 Å². The van der Waals surface area contributed by atoms with Gasteiger partial charge in [-0.2, -0.15) is 0 Å². The summed E-state index contributed by atoms with van der Waals surface area (Å²) in [5.41, 5.74) is 2.48. The molecule has 1 aromatic heterocycles. The Morgan fingerprint density at radius 1 is 1.40 bits per heavy atom. The van der Waals surface area contributed by atoms with Crippen LogP contribution in [0.4, 0.5) is 0 Å². The molecule has 0 bridgehead atoms. The van der Waals surface area contributed by atoms with Gasteiger partial charge in [0.2, 0.25) is 0 Å². The summed E-state index contributed by atoms with van der Waals surface area (Å²) in [6.07, 6.45) is 0. The number of rotatable bonds is 0. The summed E-state index contributed by atoms with van der Waals surface area (Å²) in [7, 11) is 0. The Balaban J connectivity index is 2.86. The Kier molecular flexibility index (Phi) is 1.37. The fourth-order valence-electron chi connectivity index (χ4n) is 0.968. The first-order chi connectivity index (χ1) is 4.86. The molecule has 0 saturated heterocycles. The van der Waals surface area contributed by atoms with Crippen LogP contribution in [0.5, 0.6) is 0 Å². The zero-order chi connectivity index (χ0) is 6.97. The molecule has 10 heavy (non-hydrogen) atoms. The molecule has 0 atom stereocenters. The molecular weight excluding hydrogens is 189 g/mol. The molecular formula is C8H7NSe. The van der Waals surface area contributed by atoms with E-state index in [0.29, 0.717) is 14.5 Å². The van der Waals surface area contributed by atoms with E-state index >= 15 is 0 Å². The molecule has 1 aromatic carbocycles. The van der Waals surface area contributed by atoms with Gasteiger partial charge >= 0.3 is 65.0 Å². The van der Waals surface area contributed by atoms with Crippen molar-refractivity contribution >= 4 is 24.3 Å². The van der Waals surface area contributed by atoms with E-state index in [-0.39, 0.29) is 0 Å². The molecule has 0 aliphatic heterocycles. The van der Waals surface area contributed by atoms with Gasteiger partial charge in [0.15, 0.2) is 0 Å². The van der Waals surface area contributed by atoms with Gasteiger partial charge in [0.1, 0.15) is 0 Å². The van der Waals surface area contributed by atoms with Crippen LogP contribution in [0.3, 0.4) is 0 Å². The van der Waals surface area contributed by atoms with Gasteiger partial charge in [-0.3, -0.25) is 0 Å². The van der Waals surface area contributed by atoms with Crippen LogP contribution in [-0.4, -0.2) is 19.5 Å². The minimum atomic E-state index is 0.503. The van der Waals surface area contributed by atoms with E-state index in [0.717, 1.165) is 0 Å². The van der Waals surface area contributed by atoms with Crippen LogP contribution in [0.15, 0.2) is 23.3 Å². The van der Waals surface area contributed by atoms with Crippen LogP contribution >= 0.6 is 0 Å². The molecule has 0 unspecified atom stereocenters. The van der Waals surface area contributed by atoms with Crippen LogP contribution in [0.25, 0.3) is 9.78 Å². The van der Waals surface area contributed by atoms with Crippen molar-refractivity contribution in [3.05, 3.63) is 28.8 Å². The maximum atomic E-state index is 4.26. The number of hydrogen-bond donors (Lipinski definition) is 0. The zero-order valence-corrected chi connectivity index (χ0v) is 7.38. The summed E-state index contributed by atoms with van der Waals surface area (Å²) >= 11 is 0.503. The zero-order valence-electron chi connectivity index (χ0n) is 5.66. The van der Waals surface area contributed by atoms with Crippen molar-refractivity contribution in [2.45, 2.75) is 6.92 Å². The van der Waals surface area contributed by atoms with Gasteiger partial charge < -0.3 is 0 Å². The molecule has 0 aliphatic carbocycles. The van der Waals surface area contributed by atoms with Gasteiger partial charge in [0, 0.05) is 0 Å². The van der Waals surface area contributed by atoms with E-state index in [1.807, 2.05) is 5.07 Å². The third kappa shape index (κ3) is 0.898. The summed E-state index contributed by atoms with van der Waals surface area (Å²) in [5, 5.41) is 2.02. The first-order valence-electron chi connectivity index (χ1n) is 3.16. The van der Waals surface area contributed by atoms with E-state index in [1.54, 1.807) is 0 Å². The van der Waals surface area contributed by atoms with Crippen molar-refractivity contribution in [3.8, 4) is 0 Å². The Hall–Kier alpha value is -0.591. The first-order valence-corrected chi connectivity index (χ1v) is 5.01. The molecule has 2 rings (SSSR count). The summed E-state index contributed by atoms with van der Waals surface area (Å²) in [6, 6.07) is 6.47. The van der Waals surface area contributed by atoms with Crippen molar-refractivity contribution in [1.82, 2.24) is 4.98 Å². The van der Waals surface area contributed by atoms with Crippen molar-refractivity contribution in [2.75, 3.05) is 0 Å². The molecule has 50 valence electrons. The van der Waals surface area contributed by atoms with E-state index in [1.165, 1.54) is 15.3 Å². The predicted molar refractivity (Wildman–Crippen MR) is 43.4 cm³/mol. The van der Waals surface area contributed by atoms with Gasteiger partial charge in [-0.1, -0.05) is 0 Å². The number of benzene rings is 1. The Morgan fingerprint density at radius 2 is 2.30 bits per heavy atom. The van der Waals surface area contributed by atoms with E-state index in [2.05, 4.69) is 30.1 Å². The van der Waals surface area contributed by atoms with Gasteiger partial charge in [0.25, 0.3) is 0 Å². The molecule has 2 heteroatoms. The Bertz CT molecular complexity index is 351. The molecule has 0 radical (unpaired) electrons. The molecule has 0 saturated carbocycles. The maximum absolute atomic E-state index is 4.26. The summed E-state index contributed by atoms with van der Waals surface area (Å²) in [6.45, 7) is 2.10.